The Labute approximate surface area is 259 Å². The fourth-order valence-corrected chi connectivity index (χ4v) is 4.89. The quantitative estimate of drug-likeness (QED) is 0.144. The van der Waals surface area contributed by atoms with E-state index in [1.165, 1.54) is 20.0 Å². The second-order valence-electron chi connectivity index (χ2n) is 10.8. The standard InChI is InChI=1S/C34H42N4O6/c1-25-9-3-4-10-29(25)37-34(41)36-27-14-12-26(13-15-27)23-32(39)35-28-16-17-30(43-22-8-20-38-18-5-6-19-38)31(24-28)44-21-7-11-33(40)42-2/h3-4,9-10,12-17,24H,5-8,11,18-23H2,1-2H3,(H,35,39)(H2,36,37,41). The molecule has 234 valence electrons. The summed E-state index contributed by atoms with van der Waals surface area (Å²) in [6.07, 6.45) is 4.33. The Morgan fingerprint density at radius 1 is 0.795 bits per heavy atom. The summed E-state index contributed by atoms with van der Waals surface area (Å²) < 4.78 is 16.7. The molecule has 0 unspecified atom stereocenters. The van der Waals surface area contributed by atoms with E-state index in [1.807, 2.05) is 31.2 Å². The highest BCUT2D eigenvalue weighted by atomic mass is 16.5. The number of hydrogen-bond donors (Lipinski definition) is 3. The van der Waals surface area contributed by atoms with E-state index in [1.54, 1.807) is 42.5 Å². The zero-order valence-electron chi connectivity index (χ0n) is 25.5. The third kappa shape index (κ3) is 10.6. The van der Waals surface area contributed by atoms with Gasteiger partial charge in [-0.05, 0) is 87.2 Å². The predicted molar refractivity (Wildman–Crippen MR) is 172 cm³/mol. The molecule has 0 aliphatic carbocycles. The van der Waals surface area contributed by atoms with Crippen LogP contribution in [0.15, 0.2) is 66.7 Å². The summed E-state index contributed by atoms with van der Waals surface area (Å²) >= 11 is 0. The van der Waals surface area contributed by atoms with E-state index in [0.717, 1.165) is 42.9 Å². The average molecular weight is 603 g/mol. The van der Waals surface area contributed by atoms with Gasteiger partial charge in [-0.1, -0.05) is 30.3 Å². The first-order chi connectivity index (χ1) is 21.4. The van der Waals surface area contributed by atoms with E-state index in [-0.39, 0.29) is 30.7 Å². The number of hydrogen-bond acceptors (Lipinski definition) is 7. The van der Waals surface area contributed by atoms with Crippen molar-refractivity contribution in [1.29, 1.82) is 0 Å². The number of urea groups is 1. The maximum absolute atomic E-state index is 12.9. The SMILES string of the molecule is COC(=O)CCCOc1cc(NC(=O)Cc2ccc(NC(=O)Nc3ccccc3C)cc2)ccc1OCCCN1CCCC1. The number of benzene rings is 3. The Bertz CT molecular complexity index is 1390. The van der Waals surface area contributed by atoms with Crippen LogP contribution >= 0.6 is 0 Å². The van der Waals surface area contributed by atoms with Gasteiger partial charge in [0.05, 0.1) is 26.7 Å². The maximum atomic E-state index is 12.9. The molecule has 1 fully saturated rings. The van der Waals surface area contributed by atoms with Gasteiger partial charge >= 0.3 is 12.0 Å². The third-order valence-corrected chi connectivity index (χ3v) is 7.28. The lowest BCUT2D eigenvalue weighted by Gasteiger charge is -2.17. The lowest BCUT2D eigenvalue weighted by Crippen LogP contribution is -2.22. The van der Waals surface area contributed by atoms with Crippen molar-refractivity contribution in [3.63, 3.8) is 0 Å². The Kier molecular flexibility index (Phi) is 12.4. The number of para-hydroxylation sites is 1. The largest absolute Gasteiger partial charge is 0.490 e. The first-order valence-corrected chi connectivity index (χ1v) is 15.1. The van der Waals surface area contributed by atoms with Crippen LogP contribution in [0.5, 0.6) is 11.5 Å². The van der Waals surface area contributed by atoms with Crippen molar-refractivity contribution < 1.29 is 28.6 Å². The average Bonchev–Trinajstić information content (AvgIpc) is 3.54. The zero-order valence-corrected chi connectivity index (χ0v) is 25.5. The number of carbonyl (C=O) groups is 3. The summed E-state index contributed by atoms with van der Waals surface area (Å²) in [6.45, 7) is 6.09. The molecule has 4 rings (SSSR count). The number of nitrogens with one attached hydrogen (secondary N) is 3. The molecule has 1 aliphatic rings. The van der Waals surface area contributed by atoms with Gasteiger partial charge in [-0.3, -0.25) is 9.59 Å². The molecule has 3 aromatic rings. The molecular formula is C34H42N4O6. The molecule has 10 nitrogen and oxygen atoms in total. The number of carbonyl (C=O) groups excluding carboxylic acids is 3. The summed E-state index contributed by atoms with van der Waals surface area (Å²) in [7, 11) is 1.36. The molecule has 3 N–H and O–H groups in total. The molecule has 44 heavy (non-hydrogen) atoms. The molecule has 3 aromatic carbocycles. The lowest BCUT2D eigenvalue weighted by molar-refractivity contribution is -0.140. The number of methoxy groups -OCH3 is 1. The van der Waals surface area contributed by atoms with Gasteiger partial charge in [-0.15, -0.1) is 0 Å². The van der Waals surface area contributed by atoms with E-state index in [9.17, 15) is 14.4 Å². The van der Waals surface area contributed by atoms with Crippen LogP contribution in [0, 0.1) is 6.92 Å². The molecular weight excluding hydrogens is 560 g/mol. The second kappa shape index (κ2) is 16.9. The van der Waals surface area contributed by atoms with E-state index in [2.05, 4.69) is 20.9 Å². The fraction of sp³-hybridized carbons (Fsp3) is 0.382. The monoisotopic (exact) mass is 602 g/mol. The molecule has 1 aliphatic heterocycles. The number of nitrogens with zero attached hydrogens (tertiary/aromatic N) is 1. The highest BCUT2D eigenvalue weighted by Gasteiger charge is 2.13. The minimum absolute atomic E-state index is 0.153. The Balaban J connectivity index is 1.29. The van der Waals surface area contributed by atoms with Crippen molar-refractivity contribution in [3.8, 4) is 11.5 Å². The summed E-state index contributed by atoms with van der Waals surface area (Å²) in [5, 5.41) is 8.57. The van der Waals surface area contributed by atoms with E-state index < -0.39 is 0 Å². The van der Waals surface area contributed by atoms with Crippen LogP contribution in [0.25, 0.3) is 0 Å². The Morgan fingerprint density at radius 3 is 2.25 bits per heavy atom. The highest BCUT2D eigenvalue weighted by molar-refractivity contribution is 6.00. The number of rotatable bonds is 15. The second-order valence-corrected chi connectivity index (χ2v) is 10.8. The normalized spacial score (nSPS) is 12.8. The van der Waals surface area contributed by atoms with Crippen molar-refractivity contribution in [3.05, 3.63) is 77.9 Å². The van der Waals surface area contributed by atoms with E-state index in [4.69, 9.17) is 14.2 Å². The predicted octanol–water partition coefficient (Wildman–Crippen LogP) is 6.02. The number of amides is 3. The summed E-state index contributed by atoms with van der Waals surface area (Å²) in [5.74, 6) is 0.617. The van der Waals surface area contributed by atoms with Gasteiger partial charge in [0.1, 0.15) is 0 Å². The number of esters is 1. The number of likely N-dealkylation sites (tertiary alicyclic amines) is 1. The van der Waals surface area contributed by atoms with Crippen LogP contribution in [-0.4, -0.2) is 62.8 Å². The van der Waals surface area contributed by atoms with Crippen LogP contribution in [0.1, 0.15) is 43.2 Å². The van der Waals surface area contributed by atoms with E-state index >= 15 is 0 Å². The highest BCUT2D eigenvalue weighted by Crippen LogP contribution is 2.31. The smallest absolute Gasteiger partial charge is 0.323 e. The Hall–Kier alpha value is -4.57. The minimum Gasteiger partial charge on any atom is -0.490 e. The number of ether oxygens (including phenoxy) is 3. The van der Waals surface area contributed by atoms with Gasteiger partial charge in [-0.2, -0.15) is 0 Å². The number of aryl methyl sites for hydroxylation is 1. The van der Waals surface area contributed by atoms with Gasteiger partial charge in [0, 0.05) is 36.1 Å². The molecule has 1 saturated heterocycles. The fourth-order valence-electron chi connectivity index (χ4n) is 4.89. The zero-order chi connectivity index (χ0) is 31.1. The molecule has 0 radical (unpaired) electrons. The first kappa shape index (κ1) is 32.3. The van der Waals surface area contributed by atoms with Crippen LogP contribution in [0.2, 0.25) is 0 Å². The molecule has 0 atom stereocenters. The van der Waals surface area contributed by atoms with Crippen LogP contribution in [0.4, 0.5) is 21.9 Å². The van der Waals surface area contributed by atoms with Gasteiger partial charge in [-0.25, -0.2) is 4.79 Å². The van der Waals surface area contributed by atoms with Crippen LogP contribution in [0.3, 0.4) is 0 Å². The summed E-state index contributed by atoms with van der Waals surface area (Å²) in [5.41, 5.74) is 3.70. The third-order valence-electron chi connectivity index (χ3n) is 7.28. The molecule has 1 heterocycles. The van der Waals surface area contributed by atoms with Gasteiger partial charge in [0.25, 0.3) is 0 Å². The van der Waals surface area contributed by atoms with Crippen LogP contribution < -0.4 is 25.4 Å². The van der Waals surface area contributed by atoms with Gasteiger partial charge in [0.15, 0.2) is 11.5 Å². The maximum Gasteiger partial charge on any atom is 0.323 e. The topological polar surface area (TPSA) is 118 Å². The minimum atomic E-state index is -0.341. The molecule has 0 bridgehead atoms. The van der Waals surface area contributed by atoms with Crippen molar-refractivity contribution in [2.75, 3.05) is 55.9 Å². The molecule has 10 heteroatoms. The molecule has 0 saturated carbocycles. The number of anilines is 3. The van der Waals surface area contributed by atoms with Gasteiger partial charge < -0.3 is 35.1 Å². The molecule has 0 spiro atoms. The van der Waals surface area contributed by atoms with Crippen molar-refractivity contribution >= 4 is 35.0 Å². The van der Waals surface area contributed by atoms with Gasteiger partial charge in [0.2, 0.25) is 5.91 Å². The molecule has 3 amide bonds. The van der Waals surface area contributed by atoms with Crippen molar-refractivity contribution in [2.45, 2.75) is 45.4 Å². The molecule has 0 aromatic heterocycles. The van der Waals surface area contributed by atoms with Crippen molar-refractivity contribution in [1.82, 2.24) is 4.90 Å². The van der Waals surface area contributed by atoms with E-state index in [0.29, 0.717) is 42.5 Å². The first-order valence-electron chi connectivity index (χ1n) is 15.1. The van der Waals surface area contributed by atoms with Crippen LogP contribution in [-0.2, 0) is 20.7 Å². The van der Waals surface area contributed by atoms with Crippen molar-refractivity contribution in [2.24, 2.45) is 0 Å². The summed E-state index contributed by atoms with van der Waals surface area (Å²) in [4.78, 5) is 39.2. The Morgan fingerprint density at radius 2 is 1.50 bits per heavy atom. The lowest BCUT2D eigenvalue weighted by atomic mass is 10.1. The summed E-state index contributed by atoms with van der Waals surface area (Å²) in [6, 6.07) is 19.7.